The fraction of sp³-hybridized carbons (Fsp3) is 0.938. The van der Waals surface area contributed by atoms with Crippen molar-refractivity contribution in [3.63, 3.8) is 0 Å². The van der Waals surface area contributed by atoms with Crippen LogP contribution in [0.1, 0.15) is 46.5 Å². The molecular weight excluding hydrogens is 1150 g/mol. The van der Waals surface area contributed by atoms with Gasteiger partial charge in [0.2, 0.25) is 11.8 Å². The quantitative estimate of drug-likeness (QED) is 0.0358. The molecule has 488 valence electrons. The van der Waals surface area contributed by atoms with E-state index in [1.165, 1.54) is 6.92 Å². The monoisotopic (exact) mass is 1230 g/mol. The number of amides is 2. The van der Waals surface area contributed by atoms with Gasteiger partial charge in [-0.25, -0.2) is 4.79 Å². The molecule has 6 saturated heterocycles. The van der Waals surface area contributed by atoms with Gasteiger partial charge >= 0.3 is 5.97 Å². The smallest absolute Gasteiger partial charge is 0.364 e. The molecule has 2 amide bonds. The molecule has 0 bridgehead atoms. The minimum absolute atomic E-state index is 0.0341. The van der Waals surface area contributed by atoms with Crippen LogP contribution in [0.4, 0.5) is 0 Å². The summed E-state index contributed by atoms with van der Waals surface area (Å²) in [6.45, 7) is -1.86. The minimum atomic E-state index is -3.35. The molecule has 6 aliphatic rings. The Balaban J connectivity index is 1.34. The van der Waals surface area contributed by atoms with E-state index in [1.807, 2.05) is 0 Å². The van der Waals surface area contributed by atoms with Crippen molar-refractivity contribution in [3.05, 3.63) is 0 Å². The number of carbonyl (C=O) groups is 3. The molecule has 0 unspecified atom stereocenters. The molecule has 31 atom stereocenters. The fourth-order valence-electron chi connectivity index (χ4n) is 10.7. The van der Waals surface area contributed by atoms with Gasteiger partial charge in [-0.1, -0.05) is 0 Å². The van der Waals surface area contributed by atoms with Crippen LogP contribution in [0.2, 0.25) is 0 Å². The standard InChI is InChI=1S/C48H83N3O33/c1-15-26(61)30(65)32(67)44(74-15)80-37-22(13-55)77-45(33(68)31(37)66)79-36-21(12-54)76-42(25(29(36)64)51-17(3)58)81-38-23(14-56)78-46(82-40-28(63)20(11-53)75-43(34(40)69)73-8-6-4-5-7-49)35(70)41(38)84-48(47(71)72)9-18(59)24(50-16(2)57)39(83-48)27(62)19(60)10-52/h15,18-46,52-56,59-70H,4-14,49H2,1-3H3,(H,50,57)(H,51,58)(H,71,72)/t15-,18-,19+,20+,21+,22+,23+,24+,25+,26+,27+,28+,29+,30+,31+,32-,33+,34+,35+,36-,37-,38-,39+,40-,41+,42+,43+,44+,45-,46-,48+/m0/s1. The number of aliphatic hydroxyl groups excluding tert-OH is 17. The van der Waals surface area contributed by atoms with Crippen molar-refractivity contribution in [2.45, 2.75) is 236 Å². The molecular formula is C48H83N3O33. The number of carboxylic acid groups (broad SMARTS) is 1. The average Bonchev–Trinajstić information content (AvgIpc) is 2.04. The van der Waals surface area contributed by atoms with Gasteiger partial charge < -0.3 is 165 Å². The zero-order valence-corrected chi connectivity index (χ0v) is 45.8. The zero-order valence-electron chi connectivity index (χ0n) is 45.8. The number of aliphatic carboxylic acids is 1. The molecule has 0 aromatic carbocycles. The Kier molecular flexibility index (Phi) is 26.0. The Morgan fingerprint density at radius 1 is 0.548 bits per heavy atom. The Morgan fingerprint density at radius 2 is 1.04 bits per heavy atom. The lowest BCUT2D eigenvalue weighted by atomic mass is 9.88. The summed E-state index contributed by atoms with van der Waals surface area (Å²) >= 11 is 0. The number of ether oxygens (including phenoxy) is 12. The van der Waals surface area contributed by atoms with Crippen LogP contribution in [-0.4, -0.2) is 346 Å². The Hall–Kier alpha value is -2.79. The molecule has 0 spiro atoms. The van der Waals surface area contributed by atoms with Gasteiger partial charge in [-0.2, -0.15) is 0 Å². The highest BCUT2D eigenvalue weighted by atomic mass is 16.8. The molecule has 36 nitrogen and oxygen atoms in total. The lowest BCUT2D eigenvalue weighted by molar-refractivity contribution is -0.404. The number of carboxylic acids is 1. The van der Waals surface area contributed by atoms with Crippen LogP contribution in [0.15, 0.2) is 0 Å². The van der Waals surface area contributed by atoms with Gasteiger partial charge in [0.25, 0.3) is 5.79 Å². The number of carbonyl (C=O) groups excluding carboxylic acids is 2. The number of nitrogens with two attached hydrogens (primary N) is 1. The van der Waals surface area contributed by atoms with Crippen LogP contribution < -0.4 is 16.4 Å². The molecule has 0 aliphatic carbocycles. The van der Waals surface area contributed by atoms with Crippen molar-refractivity contribution in [1.29, 1.82) is 0 Å². The summed E-state index contributed by atoms with van der Waals surface area (Å²) in [6.07, 6.45) is -54.8. The van der Waals surface area contributed by atoms with Crippen LogP contribution in [0.5, 0.6) is 0 Å². The summed E-state index contributed by atoms with van der Waals surface area (Å²) in [6, 6.07) is -3.69. The van der Waals surface area contributed by atoms with E-state index in [4.69, 9.17) is 62.6 Å². The van der Waals surface area contributed by atoms with Gasteiger partial charge in [-0.05, 0) is 32.7 Å². The maximum Gasteiger partial charge on any atom is 0.364 e. The van der Waals surface area contributed by atoms with E-state index in [9.17, 15) is 106 Å². The van der Waals surface area contributed by atoms with Crippen molar-refractivity contribution in [3.8, 4) is 0 Å². The predicted molar refractivity (Wildman–Crippen MR) is 265 cm³/mol. The number of unbranched alkanes of at least 4 members (excludes halogenated alkanes) is 2. The second-order valence-electron chi connectivity index (χ2n) is 21.3. The first-order valence-electron chi connectivity index (χ1n) is 27.3. The number of hydrogen-bond donors (Lipinski definition) is 21. The van der Waals surface area contributed by atoms with Crippen LogP contribution in [0.25, 0.3) is 0 Å². The van der Waals surface area contributed by atoms with E-state index in [0.717, 1.165) is 13.8 Å². The first kappa shape index (κ1) is 70.3. The fourth-order valence-corrected chi connectivity index (χ4v) is 10.7. The van der Waals surface area contributed by atoms with E-state index in [1.54, 1.807) is 0 Å². The normalized spacial score (nSPS) is 45.5. The number of aliphatic hydroxyl groups is 17. The molecule has 22 N–H and O–H groups in total. The number of nitrogens with one attached hydrogen (secondary N) is 2. The summed E-state index contributed by atoms with van der Waals surface area (Å²) in [4.78, 5) is 38.9. The molecule has 0 radical (unpaired) electrons. The van der Waals surface area contributed by atoms with Crippen molar-refractivity contribution in [2.75, 3.05) is 46.2 Å². The molecule has 84 heavy (non-hydrogen) atoms. The summed E-state index contributed by atoms with van der Waals surface area (Å²) in [5.74, 6) is -7.30. The SMILES string of the molecule is CC(=O)N[C@H]1[C@@H](O[C@@H]2[C@H](O[C@@]3(C(=O)O)C[C@H](O)[C@@H](NC(C)=O)[C@H]([C@H](O)[C@H](O)CO)O3)[C@@H](O)[C@H](O[C@@H]3[C@@H](O)[C@H](OCCCCCN)O[C@H](CO)[C@H]3O)O[C@@H]2CO)O[C@H](CO)[C@H](O[C@@H]2O[C@H](CO)[C@H](O[C@H]3O[C@@H](C)[C@@H](O)[C@@H](O)[C@@H]3O)[C@H](O)[C@H]2O)[C@@H]1O. The molecule has 6 fully saturated rings. The van der Waals surface area contributed by atoms with Gasteiger partial charge in [0.05, 0.1) is 51.3 Å². The first-order chi connectivity index (χ1) is 39.7. The second kappa shape index (κ2) is 31.1. The van der Waals surface area contributed by atoms with E-state index >= 15 is 0 Å². The first-order valence-corrected chi connectivity index (χ1v) is 27.3. The maximum atomic E-state index is 13.6. The van der Waals surface area contributed by atoms with E-state index in [0.29, 0.717) is 25.8 Å². The number of rotatable bonds is 26. The highest BCUT2D eigenvalue weighted by Gasteiger charge is 2.62. The summed E-state index contributed by atoms with van der Waals surface area (Å²) in [5, 5.41) is 202. The summed E-state index contributed by atoms with van der Waals surface area (Å²) in [5.41, 5.74) is 5.57. The highest BCUT2D eigenvalue weighted by molar-refractivity contribution is 5.76. The van der Waals surface area contributed by atoms with Crippen molar-refractivity contribution < 1.29 is 163 Å². The Labute approximate surface area is 478 Å². The summed E-state index contributed by atoms with van der Waals surface area (Å²) in [7, 11) is 0. The predicted octanol–water partition coefficient (Wildman–Crippen LogP) is -12.4. The van der Waals surface area contributed by atoms with Gasteiger partial charge in [0.15, 0.2) is 31.5 Å². The molecule has 0 saturated carbocycles. The average molecular weight is 1230 g/mol. The van der Waals surface area contributed by atoms with E-state index in [-0.39, 0.29) is 6.61 Å². The zero-order chi connectivity index (χ0) is 62.2. The molecule has 36 heteroatoms. The second-order valence-corrected chi connectivity index (χ2v) is 21.3. The Morgan fingerprint density at radius 3 is 1.60 bits per heavy atom. The highest BCUT2D eigenvalue weighted by Crippen LogP contribution is 2.41. The van der Waals surface area contributed by atoms with Crippen molar-refractivity contribution >= 4 is 17.8 Å². The Bertz CT molecular complexity index is 2060. The van der Waals surface area contributed by atoms with E-state index < -0.39 is 247 Å². The van der Waals surface area contributed by atoms with Gasteiger partial charge in [0.1, 0.15) is 134 Å². The maximum absolute atomic E-state index is 13.6. The van der Waals surface area contributed by atoms with Crippen molar-refractivity contribution in [2.24, 2.45) is 5.73 Å². The third-order valence-corrected chi connectivity index (χ3v) is 15.3. The largest absolute Gasteiger partial charge is 0.477 e. The van der Waals surface area contributed by atoms with Crippen LogP contribution in [0, 0.1) is 0 Å². The molecule has 0 aromatic rings. The van der Waals surface area contributed by atoms with E-state index in [2.05, 4.69) is 10.6 Å². The van der Waals surface area contributed by atoms with Gasteiger partial charge in [-0.3, -0.25) is 9.59 Å². The molecule has 6 aliphatic heterocycles. The van der Waals surface area contributed by atoms with Crippen LogP contribution >= 0.6 is 0 Å². The lowest BCUT2D eigenvalue weighted by Gasteiger charge is -2.52. The minimum Gasteiger partial charge on any atom is -0.477 e. The van der Waals surface area contributed by atoms with Crippen molar-refractivity contribution in [1.82, 2.24) is 10.6 Å². The summed E-state index contributed by atoms with van der Waals surface area (Å²) < 4.78 is 70.1. The number of hydrogen-bond acceptors (Lipinski definition) is 33. The third-order valence-electron chi connectivity index (χ3n) is 15.3. The lowest BCUT2D eigenvalue weighted by Crippen LogP contribution is -2.72. The van der Waals surface area contributed by atoms with Gasteiger partial charge in [-0.15, -0.1) is 0 Å². The van der Waals surface area contributed by atoms with Gasteiger partial charge in [0, 0.05) is 26.9 Å². The molecule has 0 aromatic heterocycles. The molecule has 6 rings (SSSR count). The third kappa shape index (κ3) is 15.8. The topological polar surface area (TPSA) is 576 Å². The van der Waals surface area contributed by atoms with Crippen LogP contribution in [-0.2, 0) is 71.2 Å². The van der Waals surface area contributed by atoms with Crippen LogP contribution in [0.3, 0.4) is 0 Å². The molecule has 6 heterocycles.